The number of nitrogens with zero attached hydrogens (tertiary/aromatic N) is 1. The molecule has 0 aromatic heterocycles. The maximum atomic E-state index is 11.3. The van der Waals surface area contributed by atoms with Crippen molar-refractivity contribution in [3.05, 3.63) is 35.4 Å². The monoisotopic (exact) mass is 307 g/mol. The number of carbonyl (C=O) groups excluding carboxylic acids is 1. The van der Waals surface area contributed by atoms with Crippen LogP contribution in [-0.4, -0.2) is 35.9 Å². The molecule has 1 aromatic carbocycles. The number of carboxylic acids is 1. The van der Waals surface area contributed by atoms with Crippen LogP contribution in [0.25, 0.3) is 0 Å². The van der Waals surface area contributed by atoms with Crippen molar-refractivity contribution in [2.75, 3.05) is 18.8 Å². The summed E-state index contributed by atoms with van der Waals surface area (Å²) in [6, 6.07) is 9.20. The summed E-state index contributed by atoms with van der Waals surface area (Å²) in [5, 5.41) is 22.5. The molecule has 3 N–H and O–H groups in total. The van der Waals surface area contributed by atoms with E-state index >= 15 is 0 Å². The van der Waals surface area contributed by atoms with Crippen LogP contribution in [0, 0.1) is 11.3 Å². The summed E-state index contributed by atoms with van der Waals surface area (Å²) in [5.74, 6) is 0.486. The van der Waals surface area contributed by atoms with Crippen LogP contribution in [0.3, 0.4) is 0 Å². The molecule has 0 fully saturated rings. The first-order chi connectivity index (χ1) is 10.1. The normalized spacial score (nSPS) is 9.67. The molecule has 0 unspecified atom stereocenters. The minimum Gasteiger partial charge on any atom is -0.481 e. The van der Waals surface area contributed by atoms with E-state index in [0.717, 1.165) is 5.56 Å². The van der Waals surface area contributed by atoms with Crippen molar-refractivity contribution < 1.29 is 14.7 Å². The predicted molar refractivity (Wildman–Crippen MR) is 81.0 cm³/mol. The lowest BCUT2D eigenvalue weighted by Crippen LogP contribution is -2.37. The van der Waals surface area contributed by atoms with Gasteiger partial charge >= 0.3 is 12.0 Å². The molecule has 0 bridgehead atoms. The van der Waals surface area contributed by atoms with E-state index in [2.05, 4.69) is 16.7 Å². The number of rotatable bonds is 8. The number of nitriles is 1. The van der Waals surface area contributed by atoms with Gasteiger partial charge in [-0.05, 0) is 11.6 Å². The highest BCUT2D eigenvalue weighted by atomic mass is 32.2. The molecule has 0 aliphatic heterocycles. The Morgan fingerprint density at radius 1 is 1.24 bits per heavy atom. The van der Waals surface area contributed by atoms with Gasteiger partial charge in [0.2, 0.25) is 0 Å². The maximum Gasteiger partial charge on any atom is 0.314 e. The number of carbonyl (C=O) groups is 2. The summed E-state index contributed by atoms with van der Waals surface area (Å²) in [5.41, 5.74) is 1.65. The van der Waals surface area contributed by atoms with Gasteiger partial charge in [0.15, 0.2) is 0 Å². The summed E-state index contributed by atoms with van der Waals surface area (Å²) in [6.45, 7) is 0.599. The van der Waals surface area contributed by atoms with E-state index in [1.807, 2.05) is 18.2 Å². The standard InChI is InChI=1S/C14H17N3O3S/c15-9-11-3-1-2-4-12(11)10-21-8-7-17-14(20)16-6-5-13(18)19/h1-4H,5-8,10H2,(H,18,19)(H2,16,17,20). The van der Waals surface area contributed by atoms with Gasteiger partial charge in [0.1, 0.15) is 0 Å². The fraction of sp³-hybridized carbons (Fsp3) is 0.357. The Hall–Kier alpha value is -2.20. The Bertz CT molecular complexity index is 528. The van der Waals surface area contributed by atoms with Crippen LogP contribution in [-0.2, 0) is 10.5 Å². The minimum atomic E-state index is -0.943. The average molecular weight is 307 g/mol. The third-order valence-corrected chi connectivity index (χ3v) is 3.56. The van der Waals surface area contributed by atoms with Crippen molar-refractivity contribution in [1.82, 2.24) is 10.6 Å². The van der Waals surface area contributed by atoms with E-state index in [1.165, 1.54) is 0 Å². The third-order valence-electron chi connectivity index (χ3n) is 2.55. The van der Waals surface area contributed by atoms with E-state index < -0.39 is 5.97 Å². The van der Waals surface area contributed by atoms with Crippen molar-refractivity contribution in [1.29, 1.82) is 5.26 Å². The molecule has 0 saturated carbocycles. The molecule has 0 aliphatic carbocycles. The summed E-state index contributed by atoms with van der Waals surface area (Å²) < 4.78 is 0. The zero-order chi connectivity index (χ0) is 15.5. The van der Waals surface area contributed by atoms with Gasteiger partial charge in [0, 0.05) is 24.6 Å². The first-order valence-corrected chi connectivity index (χ1v) is 7.58. The number of hydrogen-bond acceptors (Lipinski definition) is 4. The Labute approximate surface area is 127 Å². The second-order valence-corrected chi connectivity index (χ2v) is 5.25. The number of hydrogen-bond donors (Lipinski definition) is 3. The van der Waals surface area contributed by atoms with Crippen molar-refractivity contribution in [2.24, 2.45) is 0 Å². The van der Waals surface area contributed by atoms with Crippen LogP contribution < -0.4 is 10.6 Å². The second kappa shape index (κ2) is 9.66. The topological polar surface area (TPSA) is 102 Å². The zero-order valence-corrected chi connectivity index (χ0v) is 12.3. The molecular formula is C14H17N3O3S. The van der Waals surface area contributed by atoms with E-state index in [9.17, 15) is 9.59 Å². The van der Waals surface area contributed by atoms with Crippen molar-refractivity contribution in [3.8, 4) is 6.07 Å². The second-order valence-electron chi connectivity index (χ2n) is 4.15. The molecule has 112 valence electrons. The smallest absolute Gasteiger partial charge is 0.314 e. The molecule has 0 saturated heterocycles. The lowest BCUT2D eigenvalue weighted by molar-refractivity contribution is -0.136. The molecule has 0 heterocycles. The number of benzene rings is 1. The Balaban J connectivity index is 2.13. The van der Waals surface area contributed by atoms with Crippen molar-refractivity contribution >= 4 is 23.8 Å². The van der Waals surface area contributed by atoms with Gasteiger partial charge < -0.3 is 15.7 Å². The summed E-state index contributed by atoms with van der Waals surface area (Å²) in [6.07, 6.45) is -0.0902. The first-order valence-electron chi connectivity index (χ1n) is 6.42. The van der Waals surface area contributed by atoms with Gasteiger partial charge in [0.05, 0.1) is 18.1 Å². The quantitative estimate of drug-likeness (QED) is 0.633. The van der Waals surface area contributed by atoms with E-state index in [4.69, 9.17) is 10.4 Å². The molecule has 1 rings (SSSR count). The molecule has 0 radical (unpaired) electrons. The van der Waals surface area contributed by atoms with Gasteiger partial charge in [0.25, 0.3) is 0 Å². The highest BCUT2D eigenvalue weighted by molar-refractivity contribution is 7.98. The summed E-state index contributed by atoms with van der Waals surface area (Å²) >= 11 is 1.62. The average Bonchev–Trinajstić information content (AvgIpc) is 2.47. The van der Waals surface area contributed by atoms with Crippen LogP contribution in [0.15, 0.2) is 24.3 Å². The van der Waals surface area contributed by atoms with Gasteiger partial charge in [-0.25, -0.2) is 4.79 Å². The van der Waals surface area contributed by atoms with Crippen LogP contribution in [0.2, 0.25) is 0 Å². The van der Waals surface area contributed by atoms with E-state index in [-0.39, 0.29) is 19.0 Å². The number of urea groups is 1. The molecule has 1 aromatic rings. The molecule has 0 atom stereocenters. The number of nitrogens with one attached hydrogen (secondary N) is 2. The third kappa shape index (κ3) is 7.22. The highest BCUT2D eigenvalue weighted by Gasteiger charge is 2.03. The molecule has 6 nitrogen and oxygen atoms in total. The Morgan fingerprint density at radius 2 is 1.95 bits per heavy atom. The number of aliphatic carboxylic acids is 1. The fourth-order valence-electron chi connectivity index (χ4n) is 1.52. The molecule has 21 heavy (non-hydrogen) atoms. The molecule has 0 spiro atoms. The Kier molecular flexibility index (Phi) is 7.76. The molecule has 7 heteroatoms. The van der Waals surface area contributed by atoms with E-state index in [1.54, 1.807) is 17.8 Å². The van der Waals surface area contributed by atoms with Crippen LogP contribution in [0.4, 0.5) is 4.79 Å². The largest absolute Gasteiger partial charge is 0.481 e. The lowest BCUT2D eigenvalue weighted by Gasteiger charge is -2.07. The summed E-state index contributed by atoms with van der Waals surface area (Å²) in [7, 11) is 0. The number of carboxylic acid groups (broad SMARTS) is 1. The van der Waals surface area contributed by atoms with Gasteiger partial charge in [-0.3, -0.25) is 4.79 Å². The zero-order valence-electron chi connectivity index (χ0n) is 11.5. The fourth-order valence-corrected chi connectivity index (χ4v) is 2.38. The van der Waals surface area contributed by atoms with Crippen LogP contribution in [0.5, 0.6) is 0 Å². The van der Waals surface area contributed by atoms with Crippen molar-refractivity contribution in [2.45, 2.75) is 12.2 Å². The van der Waals surface area contributed by atoms with Gasteiger partial charge in [-0.1, -0.05) is 18.2 Å². The van der Waals surface area contributed by atoms with Crippen LogP contribution in [0.1, 0.15) is 17.5 Å². The highest BCUT2D eigenvalue weighted by Crippen LogP contribution is 2.15. The Morgan fingerprint density at radius 3 is 2.67 bits per heavy atom. The predicted octanol–water partition coefficient (Wildman–Crippen LogP) is 1.57. The molecular weight excluding hydrogens is 290 g/mol. The van der Waals surface area contributed by atoms with Gasteiger partial charge in [-0.2, -0.15) is 17.0 Å². The number of amides is 2. The summed E-state index contributed by atoms with van der Waals surface area (Å²) in [4.78, 5) is 21.6. The molecule has 0 aliphatic rings. The first kappa shape index (κ1) is 16.9. The number of thioether (sulfide) groups is 1. The maximum absolute atomic E-state index is 11.3. The van der Waals surface area contributed by atoms with Gasteiger partial charge in [-0.15, -0.1) is 0 Å². The lowest BCUT2D eigenvalue weighted by atomic mass is 10.1. The minimum absolute atomic E-state index is 0.0902. The van der Waals surface area contributed by atoms with E-state index in [0.29, 0.717) is 23.6 Å². The van der Waals surface area contributed by atoms with Crippen LogP contribution >= 0.6 is 11.8 Å². The molecule has 2 amide bonds. The SMILES string of the molecule is N#Cc1ccccc1CSCCNC(=O)NCCC(=O)O. The van der Waals surface area contributed by atoms with Crippen molar-refractivity contribution in [3.63, 3.8) is 0 Å².